The van der Waals surface area contributed by atoms with Gasteiger partial charge in [-0.3, -0.25) is 0 Å². The van der Waals surface area contributed by atoms with Crippen molar-refractivity contribution < 1.29 is 9.90 Å². The zero-order valence-corrected chi connectivity index (χ0v) is 11.2. The summed E-state index contributed by atoms with van der Waals surface area (Å²) in [5, 5.41) is 22.7. The second-order valence-corrected chi connectivity index (χ2v) is 4.62. The second kappa shape index (κ2) is 4.89. The Balaban J connectivity index is 2.38. The highest BCUT2D eigenvalue weighted by Gasteiger charge is 2.17. The van der Waals surface area contributed by atoms with Crippen LogP contribution in [0.25, 0.3) is 16.9 Å². The molecule has 0 fully saturated rings. The van der Waals surface area contributed by atoms with Crippen LogP contribution in [0.2, 0.25) is 5.02 Å². The van der Waals surface area contributed by atoms with E-state index in [4.69, 9.17) is 16.9 Å². The molecule has 0 saturated carbocycles. The molecule has 0 aliphatic carbocycles. The molecule has 7 heteroatoms. The van der Waals surface area contributed by atoms with Crippen molar-refractivity contribution in [2.75, 3.05) is 0 Å². The Morgan fingerprint density at radius 2 is 2.14 bits per heavy atom. The van der Waals surface area contributed by atoms with E-state index in [1.807, 2.05) is 6.07 Å². The first-order valence-electron chi connectivity index (χ1n) is 5.89. The van der Waals surface area contributed by atoms with E-state index < -0.39 is 5.97 Å². The molecule has 102 valence electrons. The first kappa shape index (κ1) is 13.1. The molecule has 0 amide bonds. The molecule has 2 aromatic heterocycles. The fraction of sp³-hybridized carbons (Fsp3) is 0. The summed E-state index contributed by atoms with van der Waals surface area (Å²) in [6, 6.07) is 10.3. The van der Waals surface area contributed by atoms with E-state index in [1.54, 1.807) is 24.3 Å². The van der Waals surface area contributed by atoms with Crippen LogP contribution in [0.4, 0.5) is 0 Å². The van der Waals surface area contributed by atoms with Crippen molar-refractivity contribution in [1.29, 1.82) is 5.26 Å². The summed E-state index contributed by atoms with van der Waals surface area (Å²) in [6.07, 6.45) is 1.28. The molecule has 0 unspecified atom stereocenters. The Kier molecular flexibility index (Phi) is 3.05. The number of carboxylic acids is 1. The summed E-state index contributed by atoms with van der Waals surface area (Å²) in [4.78, 5) is 15.7. The van der Waals surface area contributed by atoms with E-state index in [0.717, 1.165) is 4.52 Å². The lowest BCUT2D eigenvalue weighted by molar-refractivity contribution is 0.0687. The minimum atomic E-state index is -1.16. The minimum absolute atomic E-state index is 0.0866. The van der Waals surface area contributed by atoms with Gasteiger partial charge >= 0.3 is 5.97 Å². The number of aromatic nitrogens is 3. The number of carboxylic acid groups (broad SMARTS) is 1. The molecule has 1 N–H and O–H groups in total. The van der Waals surface area contributed by atoms with Gasteiger partial charge in [0.15, 0.2) is 11.3 Å². The van der Waals surface area contributed by atoms with Crippen LogP contribution < -0.4 is 0 Å². The standard InChI is InChI=1S/C14H7ClN4O2/c15-10-4-2-1-3-9(10)11-5-12(14(20)21)19-13(18-11)8(6-16)7-17-19/h1-5,7H,(H,20,21). The van der Waals surface area contributed by atoms with E-state index in [2.05, 4.69) is 10.1 Å². The average Bonchev–Trinajstić information content (AvgIpc) is 2.89. The molecule has 0 bridgehead atoms. The number of carbonyl (C=O) groups is 1. The molecular formula is C14H7ClN4O2. The van der Waals surface area contributed by atoms with Crippen LogP contribution in [0.15, 0.2) is 36.5 Å². The van der Waals surface area contributed by atoms with Crippen molar-refractivity contribution in [3.8, 4) is 17.3 Å². The van der Waals surface area contributed by atoms with Crippen LogP contribution >= 0.6 is 11.6 Å². The number of fused-ring (bicyclic) bond motifs is 1. The fourth-order valence-corrected chi connectivity index (χ4v) is 2.23. The molecule has 0 aliphatic rings. The summed E-state index contributed by atoms with van der Waals surface area (Å²) >= 11 is 6.11. The van der Waals surface area contributed by atoms with E-state index in [9.17, 15) is 9.90 Å². The monoisotopic (exact) mass is 298 g/mol. The lowest BCUT2D eigenvalue weighted by Crippen LogP contribution is -2.08. The molecule has 3 aromatic rings. The Morgan fingerprint density at radius 1 is 1.38 bits per heavy atom. The molecule has 21 heavy (non-hydrogen) atoms. The van der Waals surface area contributed by atoms with Gasteiger partial charge < -0.3 is 5.11 Å². The van der Waals surface area contributed by atoms with Gasteiger partial charge in [0, 0.05) is 10.6 Å². The third-order valence-corrected chi connectivity index (χ3v) is 3.29. The summed E-state index contributed by atoms with van der Waals surface area (Å²) in [5.74, 6) is -1.16. The highest BCUT2D eigenvalue weighted by atomic mass is 35.5. The second-order valence-electron chi connectivity index (χ2n) is 4.22. The predicted molar refractivity (Wildman–Crippen MR) is 75.1 cm³/mol. The van der Waals surface area contributed by atoms with Gasteiger partial charge in [0.2, 0.25) is 0 Å². The van der Waals surface area contributed by atoms with Crippen LogP contribution in [-0.2, 0) is 0 Å². The Hall–Kier alpha value is -2.91. The fourth-order valence-electron chi connectivity index (χ4n) is 2.00. The van der Waals surface area contributed by atoms with Gasteiger partial charge in [0.25, 0.3) is 0 Å². The number of nitriles is 1. The summed E-state index contributed by atoms with van der Waals surface area (Å²) < 4.78 is 1.13. The first-order valence-corrected chi connectivity index (χ1v) is 6.26. The smallest absolute Gasteiger partial charge is 0.354 e. The maximum absolute atomic E-state index is 11.4. The maximum Gasteiger partial charge on any atom is 0.354 e. The summed E-state index contributed by atoms with van der Waals surface area (Å²) in [6.45, 7) is 0. The molecule has 2 heterocycles. The van der Waals surface area contributed by atoms with Crippen LogP contribution in [0.5, 0.6) is 0 Å². The number of hydrogen-bond acceptors (Lipinski definition) is 4. The third-order valence-electron chi connectivity index (χ3n) is 2.96. The minimum Gasteiger partial charge on any atom is -0.477 e. The van der Waals surface area contributed by atoms with Crippen LogP contribution in [-0.4, -0.2) is 25.7 Å². The average molecular weight is 299 g/mol. The van der Waals surface area contributed by atoms with Gasteiger partial charge in [-0.1, -0.05) is 29.8 Å². The normalized spacial score (nSPS) is 10.5. The van der Waals surface area contributed by atoms with Gasteiger partial charge in [0.1, 0.15) is 11.6 Å². The summed E-state index contributed by atoms with van der Waals surface area (Å²) in [5.41, 5.74) is 1.27. The van der Waals surface area contributed by atoms with Crippen molar-refractivity contribution in [1.82, 2.24) is 14.6 Å². The molecule has 0 spiro atoms. The van der Waals surface area contributed by atoms with Gasteiger partial charge in [0.05, 0.1) is 11.9 Å². The number of hydrogen-bond donors (Lipinski definition) is 1. The van der Waals surface area contributed by atoms with Gasteiger partial charge in [-0.25, -0.2) is 14.3 Å². The topological polar surface area (TPSA) is 91.3 Å². The SMILES string of the molecule is N#Cc1cnn2c(C(=O)O)cc(-c3ccccc3Cl)nc12. The van der Waals surface area contributed by atoms with Crippen molar-refractivity contribution >= 4 is 23.2 Å². The number of nitrogens with zero attached hydrogens (tertiary/aromatic N) is 4. The number of rotatable bonds is 2. The number of aromatic carboxylic acids is 1. The van der Waals surface area contributed by atoms with Gasteiger partial charge in [-0.05, 0) is 12.1 Å². The first-order chi connectivity index (χ1) is 10.1. The number of halogens is 1. The Labute approximate surface area is 123 Å². The molecule has 3 rings (SSSR count). The molecule has 1 aromatic carbocycles. The lowest BCUT2D eigenvalue weighted by Gasteiger charge is -2.06. The van der Waals surface area contributed by atoms with E-state index in [-0.39, 0.29) is 16.9 Å². The zero-order chi connectivity index (χ0) is 15.0. The lowest BCUT2D eigenvalue weighted by atomic mass is 10.1. The molecule has 0 saturated heterocycles. The maximum atomic E-state index is 11.4. The van der Waals surface area contributed by atoms with Crippen molar-refractivity contribution in [3.63, 3.8) is 0 Å². The van der Waals surface area contributed by atoms with Crippen molar-refractivity contribution in [2.24, 2.45) is 0 Å². The highest BCUT2D eigenvalue weighted by molar-refractivity contribution is 6.33. The van der Waals surface area contributed by atoms with E-state index in [1.165, 1.54) is 12.3 Å². The quantitative estimate of drug-likeness (QED) is 0.785. The van der Waals surface area contributed by atoms with Gasteiger partial charge in [-0.2, -0.15) is 10.4 Å². The zero-order valence-electron chi connectivity index (χ0n) is 10.5. The van der Waals surface area contributed by atoms with E-state index >= 15 is 0 Å². The Morgan fingerprint density at radius 3 is 2.81 bits per heavy atom. The Bertz CT molecular complexity index is 911. The summed E-state index contributed by atoms with van der Waals surface area (Å²) in [7, 11) is 0. The van der Waals surface area contributed by atoms with Crippen LogP contribution in [0.3, 0.4) is 0 Å². The highest BCUT2D eigenvalue weighted by Crippen LogP contribution is 2.27. The molecule has 0 atom stereocenters. The molecule has 0 aliphatic heterocycles. The van der Waals surface area contributed by atoms with Crippen molar-refractivity contribution in [2.45, 2.75) is 0 Å². The van der Waals surface area contributed by atoms with Crippen molar-refractivity contribution in [3.05, 3.63) is 52.8 Å². The van der Waals surface area contributed by atoms with E-state index in [0.29, 0.717) is 16.3 Å². The van der Waals surface area contributed by atoms with Gasteiger partial charge in [-0.15, -0.1) is 0 Å². The molecular weight excluding hydrogens is 292 g/mol. The third kappa shape index (κ3) is 2.10. The predicted octanol–water partition coefficient (Wildman–Crippen LogP) is 2.62. The van der Waals surface area contributed by atoms with Crippen LogP contribution in [0, 0.1) is 11.3 Å². The molecule has 0 radical (unpaired) electrons. The largest absolute Gasteiger partial charge is 0.477 e. The van der Waals surface area contributed by atoms with Crippen LogP contribution in [0.1, 0.15) is 16.1 Å². The molecule has 6 nitrogen and oxygen atoms in total. The number of benzene rings is 1.